The zero-order valence-corrected chi connectivity index (χ0v) is 17.8. The summed E-state index contributed by atoms with van der Waals surface area (Å²) in [5.74, 6) is 7.27. The Labute approximate surface area is 157 Å². The summed E-state index contributed by atoms with van der Waals surface area (Å²) in [6.45, 7) is 12.9. The van der Waals surface area contributed by atoms with Gasteiger partial charge in [0.2, 0.25) is 0 Å². The lowest BCUT2D eigenvalue weighted by Gasteiger charge is -2.61. The lowest BCUT2D eigenvalue weighted by Crippen LogP contribution is -2.53. The van der Waals surface area contributed by atoms with E-state index in [1.54, 1.807) is 44.9 Å². The standard InChI is InChI=1S/C25H44/c1-6-17(3)21-10-11-22-20-9-8-19-16-18(7-2)12-14-24(19,4)23(20)13-15-25(21,22)5/h17-23H,6-16H2,1-5H3/t17-,18-,19?,20?,21?,22?,23+,24?,25?/m1/s1. The summed E-state index contributed by atoms with van der Waals surface area (Å²) in [6.07, 6.45) is 16.8. The summed E-state index contributed by atoms with van der Waals surface area (Å²) in [5, 5.41) is 0. The lowest BCUT2D eigenvalue weighted by atomic mass is 9.44. The Morgan fingerprint density at radius 2 is 1.56 bits per heavy atom. The fraction of sp³-hybridized carbons (Fsp3) is 1.00. The highest BCUT2D eigenvalue weighted by atomic mass is 14.6. The largest absolute Gasteiger partial charge is 0.0651 e. The molecule has 0 spiro atoms. The predicted octanol–water partition coefficient (Wildman–Crippen LogP) is 7.72. The average molecular weight is 345 g/mol. The summed E-state index contributed by atoms with van der Waals surface area (Å²) in [6, 6.07) is 0. The van der Waals surface area contributed by atoms with Gasteiger partial charge in [0.15, 0.2) is 0 Å². The Bertz CT molecular complexity index is 480. The Hall–Kier alpha value is 0. The molecule has 4 rings (SSSR count). The van der Waals surface area contributed by atoms with Crippen LogP contribution in [0, 0.1) is 52.3 Å². The van der Waals surface area contributed by atoms with Crippen molar-refractivity contribution in [1.29, 1.82) is 0 Å². The number of rotatable bonds is 3. The highest BCUT2D eigenvalue weighted by Gasteiger charge is 2.60. The molecule has 4 fully saturated rings. The molecule has 0 aromatic carbocycles. The van der Waals surface area contributed by atoms with Gasteiger partial charge >= 0.3 is 0 Å². The van der Waals surface area contributed by atoms with Crippen molar-refractivity contribution in [1.82, 2.24) is 0 Å². The Morgan fingerprint density at radius 1 is 0.840 bits per heavy atom. The second-order valence-electron chi connectivity index (χ2n) is 11.3. The van der Waals surface area contributed by atoms with Crippen LogP contribution in [0.15, 0.2) is 0 Å². The van der Waals surface area contributed by atoms with Crippen LogP contribution in [0.25, 0.3) is 0 Å². The van der Waals surface area contributed by atoms with E-state index in [1.807, 2.05) is 0 Å². The highest BCUT2D eigenvalue weighted by molar-refractivity contribution is 5.09. The van der Waals surface area contributed by atoms with E-state index in [0.29, 0.717) is 10.8 Å². The molecule has 0 N–H and O–H groups in total. The third-order valence-electron chi connectivity index (χ3n) is 10.8. The molecule has 0 bridgehead atoms. The summed E-state index contributed by atoms with van der Waals surface area (Å²) in [5.41, 5.74) is 1.38. The SMILES string of the molecule is CC[C@@H]1CCC2(C)C(CCC3C4CCC([C@H](C)CC)C4(C)CC[C@@H]32)C1. The molecule has 0 radical (unpaired) electrons. The Kier molecular flexibility index (Phi) is 4.82. The van der Waals surface area contributed by atoms with Crippen molar-refractivity contribution in [3.63, 3.8) is 0 Å². The van der Waals surface area contributed by atoms with Crippen LogP contribution in [0.5, 0.6) is 0 Å². The van der Waals surface area contributed by atoms with E-state index >= 15 is 0 Å². The molecule has 25 heavy (non-hydrogen) atoms. The molecule has 0 aliphatic heterocycles. The van der Waals surface area contributed by atoms with E-state index in [2.05, 4.69) is 34.6 Å². The van der Waals surface area contributed by atoms with Crippen molar-refractivity contribution >= 4 is 0 Å². The summed E-state index contributed by atoms with van der Waals surface area (Å²) >= 11 is 0. The van der Waals surface area contributed by atoms with Crippen molar-refractivity contribution in [2.24, 2.45) is 52.3 Å². The molecule has 4 saturated carbocycles. The quantitative estimate of drug-likeness (QED) is 0.491. The Morgan fingerprint density at radius 3 is 2.28 bits per heavy atom. The van der Waals surface area contributed by atoms with Crippen LogP contribution in [-0.2, 0) is 0 Å². The van der Waals surface area contributed by atoms with Gasteiger partial charge in [0.25, 0.3) is 0 Å². The van der Waals surface area contributed by atoms with Gasteiger partial charge in [-0.25, -0.2) is 0 Å². The normalized spacial score (nSPS) is 53.6. The molecule has 6 unspecified atom stereocenters. The first kappa shape index (κ1) is 18.4. The van der Waals surface area contributed by atoms with Crippen molar-refractivity contribution in [2.45, 2.75) is 105 Å². The maximum Gasteiger partial charge on any atom is -0.0264 e. The minimum Gasteiger partial charge on any atom is -0.0651 e. The maximum atomic E-state index is 2.74. The van der Waals surface area contributed by atoms with Gasteiger partial charge in [-0.3, -0.25) is 0 Å². The van der Waals surface area contributed by atoms with Gasteiger partial charge in [0.1, 0.15) is 0 Å². The molecule has 0 aromatic rings. The summed E-state index contributed by atoms with van der Waals surface area (Å²) in [4.78, 5) is 0. The van der Waals surface area contributed by atoms with Crippen LogP contribution >= 0.6 is 0 Å². The van der Waals surface area contributed by atoms with Crippen LogP contribution in [0.2, 0.25) is 0 Å². The van der Waals surface area contributed by atoms with Crippen molar-refractivity contribution in [3.05, 3.63) is 0 Å². The van der Waals surface area contributed by atoms with E-state index in [4.69, 9.17) is 0 Å². The first-order valence-corrected chi connectivity index (χ1v) is 11.9. The monoisotopic (exact) mass is 344 g/mol. The zero-order chi connectivity index (χ0) is 17.8. The molecule has 0 heterocycles. The number of hydrogen-bond acceptors (Lipinski definition) is 0. The van der Waals surface area contributed by atoms with Crippen LogP contribution in [-0.4, -0.2) is 0 Å². The smallest absolute Gasteiger partial charge is 0.0264 e. The van der Waals surface area contributed by atoms with Crippen molar-refractivity contribution in [3.8, 4) is 0 Å². The average Bonchev–Trinajstić information content (AvgIpc) is 2.97. The zero-order valence-electron chi connectivity index (χ0n) is 17.8. The molecular weight excluding hydrogens is 300 g/mol. The van der Waals surface area contributed by atoms with Gasteiger partial charge in [-0.05, 0) is 110 Å². The van der Waals surface area contributed by atoms with Crippen LogP contribution in [0.4, 0.5) is 0 Å². The number of hydrogen-bond donors (Lipinski definition) is 0. The van der Waals surface area contributed by atoms with E-state index in [9.17, 15) is 0 Å². The molecule has 0 aromatic heterocycles. The fourth-order valence-electron chi connectivity index (χ4n) is 8.98. The minimum absolute atomic E-state index is 0.681. The van der Waals surface area contributed by atoms with E-state index in [1.165, 1.54) is 25.7 Å². The summed E-state index contributed by atoms with van der Waals surface area (Å²) in [7, 11) is 0. The number of fused-ring (bicyclic) bond motifs is 5. The third-order valence-corrected chi connectivity index (χ3v) is 10.8. The maximum absolute atomic E-state index is 2.74. The third kappa shape index (κ3) is 2.67. The summed E-state index contributed by atoms with van der Waals surface area (Å²) < 4.78 is 0. The van der Waals surface area contributed by atoms with Gasteiger partial charge < -0.3 is 0 Å². The topological polar surface area (TPSA) is 0 Å². The van der Waals surface area contributed by atoms with E-state index in [0.717, 1.165) is 41.4 Å². The lowest BCUT2D eigenvalue weighted by molar-refractivity contribution is -0.121. The second-order valence-corrected chi connectivity index (χ2v) is 11.3. The van der Waals surface area contributed by atoms with Crippen LogP contribution in [0.3, 0.4) is 0 Å². The van der Waals surface area contributed by atoms with Crippen LogP contribution < -0.4 is 0 Å². The van der Waals surface area contributed by atoms with Gasteiger partial charge in [-0.1, -0.05) is 47.5 Å². The molecule has 0 heteroatoms. The molecule has 4 aliphatic rings. The van der Waals surface area contributed by atoms with E-state index in [-0.39, 0.29) is 0 Å². The predicted molar refractivity (Wildman–Crippen MR) is 108 cm³/mol. The molecule has 4 aliphatic carbocycles. The first-order chi connectivity index (χ1) is 11.9. The van der Waals surface area contributed by atoms with Gasteiger partial charge in [-0.15, -0.1) is 0 Å². The van der Waals surface area contributed by atoms with Gasteiger partial charge in [0.05, 0.1) is 0 Å². The molecule has 9 atom stereocenters. The fourth-order valence-corrected chi connectivity index (χ4v) is 8.98. The first-order valence-electron chi connectivity index (χ1n) is 11.9. The molecule has 0 nitrogen and oxygen atoms in total. The van der Waals surface area contributed by atoms with Crippen LogP contribution in [0.1, 0.15) is 105 Å². The minimum atomic E-state index is 0.681. The van der Waals surface area contributed by atoms with Gasteiger partial charge in [-0.2, -0.15) is 0 Å². The Balaban J connectivity index is 1.56. The molecule has 0 amide bonds. The van der Waals surface area contributed by atoms with E-state index < -0.39 is 0 Å². The second kappa shape index (κ2) is 6.56. The molecular formula is C25H44. The highest BCUT2D eigenvalue weighted by Crippen LogP contribution is 2.68. The molecule has 0 saturated heterocycles. The molecule has 144 valence electrons. The van der Waals surface area contributed by atoms with Gasteiger partial charge in [0, 0.05) is 0 Å². The van der Waals surface area contributed by atoms with Crippen molar-refractivity contribution in [2.75, 3.05) is 0 Å². The van der Waals surface area contributed by atoms with Crippen molar-refractivity contribution < 1.29 is 0 Å².